The van der Waals surface area contributed by atoms with Crippen molar-refractivity contribution in [1.82, 2.24) is 30.0 Å². The molecule has 0 fully saturated rings. The minimum absolute atomic E-state index is 0.153. The molecule has 150 valence electrons. The van der Waals surface area contributed by atoms with Crippen LogP contribution in [0.15, 0.2) is 29.6 Å². The quantitative estimate of drug-likeness (QED) is 0.488. The van der Waals surface area contributed by atoms with Crippen molar-refractivity contribution in [2.75, 3.05) is 13.1 Å². The van der Waals surface area contributed by atoms with Crippen molar-refractivity contribution in [3.63, 3.8) is 0 Å². The number of alkyl halides is 3. The molecular formula is C16H24F3N7O. The Kier molecular flexibility index (Phi) is 6.47. The SMILES string of the molecule is CCNC(=NCc1ccnn1C)NCCC(O)(c1nccn1C)C(F)(F)F. The number of hydrogen-bond donors (Lipinski definition) is 3. The first-order valence-electron chi connectivity index (χ1n) is 8.45. The second kappa shape index (κ2) is 8.42. The standard InChI is InChI=1S/C16H24F3N7O/c1-4-20-14(23-11-12-5-7-24-26(12)3)22-8-6-15(27,16(17,18)19)13-21-9-10-25(13)2/h5,7,9-10,27H,4,6,8,11H2,1-3H3,(H2,20,22,23). The summed E-state index contributed by atoms with van der Waals surface area (Å²) in [4.78, 5) is 8.01. The van der Waals surface area contributed by atoms with E-state index >= 15 is 0 Å². The summed E-state index contributed by atoms with van der Waals surface area (Å²) in [6, 6.07) is 1.80. The fourth-order valence-corrected chi connectivity index (χ4v) is 2.56. The van der Waals surface area contributed by atoms with Crippen LogP contribution in [-0.4, -0.2) is 49.7 Å². The highest BCUT2D eigenvalue weighted by Crippen LogP contribution is 2.40. The largest absolute Gasteiger partial charge is 0.424 e. The normalized spacial score (nSPS) is 14.9. The molecule has 0 aliphatic carbocycles. The monoisotopic (exact) mass is 387 g/mol. The van der Waals surface area contributed by atoms with Gasteiger partial charge >= 0.3 is 6.18 Å². The first-order valence-corrected chi connectivity index (χ1v) is 8.45. The Morgan fingerprint density at radius 1 is 1.26 bits per heavy atom. The number of aryl methyl sites for hydroxylation is 2. The van der Waals surface area contributed by atoms with Crippen LogP contribution in [0.1, 0.15) is 24.9 Å². The van der Waals surface area contributed by atoms with E-state index in [9.17, 15) is 18.3 Å². The molecule has 2 rings (SSSR count). The van der Waals surface area contributed by atoms with Gasteiger partial charge in [0.15, 0.2) is 5.96 Å². The van der Waals surface area contributed by atoms with Crippen molar-refractivity contribution in [3.8, 4) is 0 Å². The Morgan fingerprint density at radius 2 is 2.00 bits per heavy atom. The van der Waals surface area contributed by atoms with E-state index in [4.69, 9.17) is 0 Å². The summed E-state index contributed by atoms with van der Waals surface area (Å²) in [5.74, 6) is -0.100. The first-order chi connectivity index (χ1) is 12.7. The number of aliphatic hydroxyl groups is 1. The van der Waals surface area contributed by atoms with Crippen LogP contribution in [0.25, 0.3) is 0 Å². The third kappa shape index (κ3) is 4.79. The number of hydrogen-bond acceptors (Lipinski definition) is 4. The van der Waals surface area contributed by atoms with Crippen LogP contribution in [0.4, 0.5) is 13.2 Å². The van der Waals surface area contributed by atoms with Gasteiger partial charge in [0, 0.05) is 52.2 Å². The van der Waals surface area contributed by atoms with Crippen LogP contribution in [0.5, 0.6) is 0 Å². The number of rotatable bonds is 7. The smallest absolute Gasteiger partial charge is 0.374 e. The fourth-order valence-electron chi connectivity index (χ4n) is 2.56. The summed E-state index contributed by atoms with van der Waals surface area (Å²) >= 11 is 0. The number of nitrogens with zero attached hydrogens (tertiary/aromatic N) is 5. The third-order valence-corrected chi connectivity index (χ3v) is 4.11. The zero-order valence-electron chi connectivity index (χ0n) is 15.5. The van der Waals surface area contributed by atoms with Gasteiger partial charge in [-0.3, -0.25) is 4.68 Å². The predicted octanol–water partition coefficient (Wildman–Crippen LogP) is 1.05. The maximum atomic E-state index is 13.5. The Bertz CT molecular complexity index is 768. The number of nitrogens with one attached hydrogen (secondary N) is 2. The van der Waals surface area contributed by atoms with Gasteiger partial charge in [0.05, 0.1) is 12.2 Å². The van der Waals surface area contributed by atoms with Gasteiger partial charge < -0.3 is 20.3 Å². The highest BCUT2D eigenvalue weighted by Gasteiger charge is 2.57. The summed E-state index contributed by atoms with van der Waals surface area (Å²) in [6.45, 7) is 2.55. The van der Waals surface area contributed by atoms with Crippen LogP contribution >= 0.6 is 0 Å². The van der Waals surface area contributed by atoms with E-state index in [1.165, 1.54) is 19.4 Å². The molecule has 2 aromatic heterocycles. The lowest BCUT2D eigenvalue weighted by atomic mass is 9.97. The number of guanidine groups is 1. The fraction of sp³-hybridized carbons (Fsp3) is 0.562. The minimum atomic E-state index is -4.86. The molecule has 2 aromatic rings. The van der Waals surface area contributed by atoms with Crippen molar-refractivity contribution in [3.05, 3.63) is 36.2 Å². The number of halogens is 3. The van der Waals surface area contributed by atoms with E-state index in [1.807, 2.05) is 6.92 Å². The number of aromatic nitrogens is 4. The molecular weight excluding hydrogens is 363 g/mol. The topological polar surface area (TPSA) is 92.3 Å². The lowest BCUT2D eigenvalue weighted by molar-refractivity contribution is -0.272. The van der Waals surface area contributed by atoms with E-state index in [0.29, 0.717) is 19.0 Å². The molecule has 3 N–H and O–H groups in total. The Morgan fingerprint density at radius 3 is 2.52 bits per heavy atom. The van der Waals surface area contributed by atoms with E-state index in [0.717, 1.165) is 10.3 Å². The summed E-state index contributed by atoms with van der Waals surface area (Å²) in [6.07, 6.45) is -1.26. The van der Waals surface area contributed by atoms with Gasteiger partial charge in [-0.25, -0.2) is 9.98 Å². The van der Waals surface area contributed by atoms with E-state index in [1.54, 1.807) is 24.0 Å². The van der Waals surface area contributed by atoms with Gasteiger partial charge in [-0.05, 0) is 13.0 Å². The van der Waals surface area contributed by atoms with Crippen LogP contribution in [0.3, 0.4) is 0 Å². The van der Waals surface area contributed by atoms with Gasteiger partial charge in [-0.1, -0.05) is 0 Å². The van der Waals surface area contributed by atoms with Crippen LogP contribution in [0, 0.1) is 0 Å². The van der Waals surface area contributed by atoms with Crippen molar-refractivity contribution < 1.29 is 18.3 Å². The molecule has 0 aliphatic heterocycles. The average molecular weight is 387 g/mol. The number of aliphatic imine (C=N–C) groups is 1. The summed E-state index contributed by atoms with van der Waals surface area (Å²) in [5.41, 5.74) is -2.20. The summed E-state index contributed by atoms with van der Waals surface area (Å²) in [7, 11) is 3.19. The lowest BCUT2D eigenvalue weighted by Crippen LogP contribution is -2.47. The van der Waals surface area contributed by atoms with Gasteiger partial charge in [0.25, 0.3) is 0 Å². The van der Waals surface area contributed by atoms with E-state index < -0.39 is 24.0 Å². The molecule has 0 saturated carbocycles. The highest BCUT2D eigenvalue weighted by molar-refractivity contribution is 5.79. The van der Waals surface area contributed by atoms with Gasteiger partial charge in [-0.2, -0.15) is 18.3 Å². The molecule has 8 nitrogen and oxygen atoms in total. The van der Waals surface area contributed by atoms with Crippen LogP contribution in [-0.2, 0) is 26.2 Å². The first kappa shape index (κ1) is 20.7. The van der Waals surface area contributed by atoms with Crippen molar-refractivity contribution in [2.24, 2.45) is 19.1 Å². The molecule has 0 amide bonds. The molecule has 27 heavy (non-hydrogen) atoms. The Hall–Kier alpha value is -2.56. The zero-order chi connectivity index (χ0) is 20.1. The van der Waals surface area contributed by atoms with Crippen molar-refractivity contribution in [2.45, 2.75) is 31.7 Å². The van der Waals surface area contributed by atoms with E-state index in [-0.39, 0.29) is 6.54 Å². The second-order valence-corrected chi connectivity index (χ2v) is 6.04. The maximum absolute atomic E-state index is 13.5. The third-order valence-electron chi connectivity index (χ3n) is 4.11. The molecule has 0 aromatic carbocycles. The lowest BCUT2D eigenvalue weighted by Gasteiger charge is -2.30. The molecule has 1 atom stereocenters. The molecule has 0 radical (unpaired) electrons. The molecule has 11 heteroatoms. The maximum Gasteiger partial charge on any atom is 0.424 e. The highest BCUT2D eigenvalue weighted by atomic mass is 19.4. The molecule has 0 aliphatic rings. The van der Waals surface area contributed by atoms with Gasteiger partial charge in [-0.15, -0.1) is 0 Å². The molecule has 1 unspecified atom stereocenters. The van der Waals surface area contributed by atoms with Gasteiger partial charge in [0.1, 0.15) is 5.82 Å². The van der Waals surface area contributed by atoms with Crippen molar-refractivity contribution in [1.29, 1.82) is 0 Å². The molecule has 0 spiro atoms. The Labute approximate surface area is 155 Å². The van der Waals surface area contributed by atoms with Crippen LogP contribution < -0.4 is 10.6 Å². The number of imidazole rings is 1. The second-order valence-electron chi connectivity index (χ2n) is 6.04. The zero-order valence-corrected chi connectivity index (χ0v) is 15.5. The molecule has 0 saturated heterocycles. The molecule has 0 bridgehead atoms. The predicted molar refractivity (Wildman–Crippen MR) is 93.8 cm³/mol. The Balaban J connectivity index is 2.07. The minimum Gasteiger partial charge on any atom is -0.374 e. The summed E-state index contributed by atoms with van der Waals surface area (Å²) < 4.78 is 43.4. The summed E-state index contributed by atoms with van der Waals surface area (Å²) in [5, 5.41) is 20.2. The van der Waals surface area contributed by atoms with Crippen molar-refractivity contribution >= 4 is 5.96 Å². The van der Waals surface area contributed by atoms with Crippen LogP contribution in [0.2, 0.25) is 0 Å². The van der Waals surface area contributed by atoms with Gasteiger partial charge in [0.2, 0.25) is 5.60 Å². The molecule has 2 heterocycles. The van der Waals surface area contributed by atoms with E-state index in [2.05, 4.69) is 25.7 Å². The average Bonchev–Trinajstić information content (AvgIpc) is 3.19.